The average Bonchev–Trinajstić information content (AvgIpc) is 2.36. The third-order valence-electron chi connectivity index (χ3n) is 2.76. The van der Waals surface area contributed by atoms with E-state index in [-0.39, 0.29) is 17.9 Å². The highest BCUT2D eigenvalue weighted by Gasteiger charge is 2.17. The first-order valence-electron chi connectivity index (χ1n) is 6.75. The molecule has 0 bridgehead atoms. The molecule has 1 aromatic carbocycles. The topological polar surface area (TPSA) is 70.2 Å². The monoisotopic (exact) mass is 277 g/mol. The summed E-state index contributed by atoms with van der Waals surface area (Å²) in [5.74, 6) is -0.361. The molecule has 110 valence electrons. The minimum Gasteiger partial charge on any atom is -0.376 e. The van der Waals surface area contributed by atoms with Gasteiger partial charge in [0.2, 0.25) is 5.91 Å². The van der Waals surface area contributed by atoms with E-state index in [9.17, 15) is 9.59 Å². The zero-order valence-electron chi connectivity index (χ0n) is 12.5. The molecule has 1 rings (SSSR count). The molecule has 20 heavy (non-hydrogen) atoms. The SMILES string of the molecule is CCNC(=O)NC(=O)CNc1ccccc1C(C)(C)C. The van der Waals surface area contributed by atoms with E-state index in [2.05, 4.69) is 36.7 Å². The Labute approximate surface area is 120 Å². The molecule has 0 spiro atoms. The molecular weight excluding hydrogens is 254 g/mol. The Morgan fingerprint density at radius 1 is 1.15 bits per heavy atom. The standard InChI is InChI=1S/C15H23N3O2/c1-5-16-14(20)18-13(19)10-17-12-9-7-6-8-11(12)15(2,3)4/h6-9,17H,5,10H2,1-4H3,(H2,16,18,19,20). The van der Waals surface area contributed by atoms with Gasteiger partial charge < -0.3 is 10.6 Å². The average molecular weight is 277 g/mol. The van der Waals surface area contributed by atoms with E-state index in [0.29, 0.717) is 6.54 Å². The normalized spacial score (nSPS) is 10.8. The summed E-state index contributed by atoms with van der Waals surface area (Å²) in [5, 5.41) is 7.84. The fraction of sp³-hybridized carbons (Fsp3) is 0.467. The molecule has 0 saturated heterocycles. The molecule has 0 aliphatic rings. The van der Waals surface area contributed by atoms with E-state index in [4.69, 9.17) is 0 Å². The van der Waals surface area contributed by atoms with Gasteiger partial charge >= 0.3 is 6.03 Å². The van der Waals surface area contributed by atoms with E-state index in [1.807, 2.05) is 24.3 Å². The van der Waals surface area contributed by atoms with Crippen LogP contribution in [0.25, 0.3) is 0 Å². The van der Waals surface area contributed by atoms with Crippen molar-refractivity contribution in [1.29, 1.82) is 0 Å². The lowest BCUT2D eigenvalue weighted by molar-refractivity contribution is -0.118. The molecular formula is C15H23N3O2. The van der Waals surface area contributed by atoms with E-state index in [0.717, 1.165) is 11.3 Å². The third kappa shape index (κ3) is 4.91. The Morgan fingerprint density at radius 3 is 2.40 bits per heavy atom. The third-order valence-corrected chi connectivity index (χ3v) is 2.76. The van der Waals surface area contributed by atoms with E-state index >= 15 is 0 Å². The van der Waals surface area contributed by atoms with Gasteiger partial charge in [-0.05, 0) is 24.0 Å². The molecule has 0 aliphatic carbocycles. The smallest absolute Gasteiger partial charge is 0.321 e. The van der Waals surface area contributed by atoms with E-state index in [1.54, 1.807) is 6.92 Å². The fourth-order valence-corrected chi connectivity index (χ4v) is 1.84. The van der Waals surface area contributed by atoms with Crippen LogP contribution in [0.5, 0.6) is 0 Å². The highest BCUT2D eigenvalue weighted by Crippen LogP contribution is 2.28. The summed E-state index contributed by atoms with van der Waals surface area (Å²) in [7, 11) is 0. The van der Waals surface area contributed by atoms with Gasteiger partial charge in [-0.1, -0.05) is 39.0 Å². The molecule has 5 nitrogen and oxygen atoms in total. The van der Waals surface area contributed by atoms with Crippen LogP contribution >= 0.6 is 0 Å². The Morgan fingerprint density at radius 2 is 1.80 bits per heavy atom. The van der Waals surface area contributed by atoms with E-state index < -0.39 is 6.03 Å². The number of imide groups is 1. The zero-order valence-corrected chi connectivity index (χ0v) is 12.5. The van der Waals surface area contributed by atoms with Gasteiger partial charge in [0.15, 0.2) is 0 Å². The number of hydrogen-bond donors (Lipinski definition) is 3. The van der Waals surface area contributed by atoms with Gasteiger partial charge in [0, 0.05) is 12.2 Å². The number of carbonyl (C=O) groups excluding carboxylic acids is 2. The van der Waals surface area contributed by atoms with Gasteiger partial charge in [-0.3, -0.25) is 10.1 Å². The maximum Gasteiger partial charge on any atom is 0.321 e. The van der Waals surface area contributed by atoms with Crippen molar-refractivity contribution >= 4 is 17.6 Å². The Balaban J connectivity index is 2.62. The number of hydrogen-bond acceptors (Lipinski definition) is 3. The molecule has 3 amide bonds. The van der Waals surface area contributed by atoms with Gasteiger partial charge in [-0.2, -0.15) is 0 Å². The Bertz CT molecular complexity index is 478. The molecule has 0 fully saturated rings. The molecule has 0 aliphatic heterocycles. The molecule has 3 N–H and O–H groups in total. The summed E-state index contributed by atoms with van der Waals surface area (Å²) in [6, 6.07) is 7.38. The number of benzene rings is 1. The van der Waals surface area contributed by atoms with Crippen molar-refractivity contribution < 1.29 is 9.59 Å². The first-order valence-corrected chi connectivity index (χ1v) is 6.75. The van der Waals surface area contributed by atoms with Crippen LogP contribution in [0.2, 0.25) is 0 Å². The van der Waals surface area contributed by atoms with Crippen LogP contribution in [0.1, 0.15) is 33.3 Å². The van der Waals surface area contributed by atoms with Crippen LogP contribution in [0.15, 0.2) is 24.3 Å². The molecule has 0 radical (unpaired) electrons. The van der Waals surface area contributed by atoms with Gasteiger partial charge in [0.05, 0.1) is 6.54 Å². The number of rotatable bonds is 4. The first-order chi connectivity index (χ1) is 9.34. The second-order valence-electron chi connectivity index (χ2n) is 5.56. The van der Waals surface area contributed by atoms with Gasteiger partial charge in [0.25, 0.3) is 0 Å². The summed E-state index contributed by atoms with van der Waals surface area (Å²) in [4.78, 5) is 22.8. The van der Waals surface area contributed by atoms with Crippen molar-refractivity contribution in [3.05, 3.63) is 29.8 Å². The molecule has 0 atom stereocenters. The minimum absolute atomic E-state index is 0.0142. The fourth-order valence-electron chi connectivity index (χ4n) is 1.84. The number of amides is 3. The van der Waals surface area contributed by atoms with Crippen molar-refractivity contribution in [1.82, 2.24) is 10.6 Å². The van der Waals surface area contributed by atoms with Crippen molar-refractivity contribution in [2.45, 2.75) is 33.1 Å². The van der Waals surface area contributed by atoms with Crippen LogP contribution in [-0.4, -0.2) is 25.0 Å². The summed E-state index contributed by atoms with van der Waals surface area (Å²) in [6.07, 6.45) is 0. The predicted molar refractivity (Wildman–Crippen MR) is 80.8 cm³/mol. The largest absolute Gasteiger partial charge is 0.376 e. The zero-order chi connectivity index (χ0) is 15.2. The van der Waals surface area contributed by atoms with Gasteiger partial charge in [-0.25, -0.2) is 4.79 Å². The second kappa shape index (κ2) is 6.93. The Hall–Kier alpha value is -2.04. The first kappa shape index (κ1) is 16.0. The lowest BCUT2D eigenvalue weighted by atomic mass is 9.86. The van der Waals surface area contributed by atoms with Crippen LogP contribution in [0, 0.1) is 0 Å². The lowest BCUT2D eigenvalue weighted by Crippen LogP contribution is -2.41. The second-order valence-corrected chi connectivity index (χ2v) is 5.56. The number of anilines is 1. The number of urea groups is 1. The van der Waals surface area contributed by atoms with Crippen molar-refractivity contribution in [2.75, 3.05) is 18.4 Å². The Kier molecular flexibility index (Phi) is 5.55. The van der Waals surface area contributed by atoms with Crippen LogP contribution < -0.4 is 16.0 Å². The molecule has 0 unspecified atom stereocenters. The number of nitrogens with one attached hydrogen (secondary N) is 3. The highest BCUT2D eigenvalue weighted by atomic mass is 16.2. The maximum absolute atomic E-state index is 11.6. The van der Waals surface area contributed by atoms with Gasteiger partial charge in [0.1, 0.15) is 0 Å². The van der Waals surface area contributed by atoms with E-state index in [1.165, 1.54) is 0 Å². The van der Waals surface area contributed by atoms with Crippen molar-refractivity contribution in [2.24, 2.45) is 0 Å². The summed E-state index contributed by atoms with van der Waals surface area (Å²) >= 11 is 0. The minimum atomic E-state index is -0.469. The summed E-state index contributed by atoms with van der Waals surface area (Å²) < 4.78 is 0. The van der Waals surface area contributed by atoms with Crippen molar-refractivity contribution in [3.8, 4) is 0 Å². The predicted octanol–water partition coefficient (Wildman–Crippen LogP) is 2.24. The van der Waals surface area contributed by atoms with Crippen LogP contribution in [0.4, 0.5) is 10.5 Å². The quantitative estimate of drug-likeness (QED) is 0.790. The number of carbonyl (C=O) groups is 2. The number of para-hydroxylation sites is 1. The van der Waals surface area contributed by atoms with Crippen molar-refractivity contribution in [3.63, 3.8) is 0 Å². The highest BCUT2D eigenvalue weighted by molar-refractivity contribution is 5.96. The molecule has 0 heterocycles. The van der Waals surface area contributed by atoms with Crippen LogP contribution in [0.3, 0.4) is 0 Å². The summed E-state index contributed by atoms with van der Waals surface area (Å²) in [5.41, 5.74) is 2.02. The van der Waals surface area contributed by atoms with Crippen LogP contribution in [-0.2, 0) is 10.2 Å². The molecule has 0 aromatic heterocycles. The molecule has 0 saturated carbocycles. The molecule has 1 aromatic rings. The summed E-state index contributed by atoms with van der Waals surface area (Å²) in [6.45, 7) is 8.68. The van der Waals surface area contributed by atoms with Gasteiger partial charge in [-0.15, -0.1) is 0 Å². The molecule has 5 heteroatoms. The lowest BCUT2D eigenvalue weighted by Gasteiger charge is -2.23. The maximum atomic E-state index is 11.6.